The van der Waals surface area contributed by atoms with Crippen LogP contribution in [0.1, 0.15) is 36.7 Å². The molecule has 0 saturated carbocycles. The Bertz CT molecular complexity index is 598. The zero-order chi connectivity index (χ0) is 15.6. The van der Waals surface area contributed by atoms with Crippen molar-refractivity contribution in [3.8, 4) is 5.75 Å². The first kappa shape index (κ1) is 16.5. The van der Waals surface area contributed by atoms with Gasteiger partial charge in [0.05, 0.1) is 18.4 Å². The maximum absolute atomic E-state index is 11.9. The molecule has 0 fully saturated rings. The second kappa shape index (κ2) is 5.80. The van der Waals surface area contributed by atoms with Crippen LogP contribution in [0.2, 0.25) is 0 Å². The molecule has 1 N–H and O–H groups in total. The quantitative estimate of drug-likeness (QED) is 0.669. The van der Waals surface area contributed by atoms with Gasteiger partial charge in [-0.05, 0) is 44.5 Å². The van der Waals surface area contributed by atoms with Gasteiger partial charge in [-0.3, -0.25) is 0 Å². The largest absolute Gasteiger partial charge is 0.456 e. The number of benzene rings is 1. The second-order valence-corrected chi connectivity index (χ2v) is 6.89. The van der Waals surface area contributed by atoms with Gasteiger partial charge in [-0.1, -0.05) is 0 Å². The summed E-state index contributed by atoms with van der Waals surface area (Å²) < 4.78 is 32.1. The molecule has 0 amide bonds. The van der Waals surface area contributed by atoms with E-state index in [1.54, 1.807) is 20.8 Å². The Hall–Kier alpha value is -1.60. The summed E-state index contributed by atoms with van der Waals surface area (Å²) in [5.41, 5.74) is -0.207. The topological polar surface area (TPSA) is 89.9 Å². The third-order valence-corrected chi connectivity index (χ3v) is 2.53. The molecule has 1 aromatic rings. The van der Waals surface area contributed by atoms with Gasteiger partial charge < -0.3 is 14.0 Å². The van der Waals surface area contributed by atoms with Gasteiger partial charge in [0.15, 0.2) is 0 Å². The number of rotatable bonds is 4. The molecule has 0 aliphatic carbocycles. The third kappa shape index (κ3) is 5.58. The standard InChI is InChI=1S/C13H18O6S/c1-13(2,3)18-12(15)10-5-9(8-14)6-11(7-10)19-20(4,16)17/h5-7,14H,8H2,1-4H3. The highest BCUT2D eigenvalue weighted by Gasteiger charge is 2.19. The Morgan fingerprint density at radius 2 is 1.85 bits per heavy atom. The van der Waals surface area contributed by atoms with Gasteiger partial charge in [0.25, 0.3) is 0 Å². The first-order valence-corrected chi connectivity index (χ1v) is 7.69. The van der Waals surface area contributed by atoms with Gasteiger partial charge in [0, 0.05) is 0 Å². The molecule has 112 valence electrons. The van der Waals surface area contributed by atoms with Crippen LogP contribution in [0.4, 0.5) is 0 Å². The molecular formula is C13H18O6S. The lowest BCUT2D eigenvalue weighted by Gasteiger charge is -2.20. The highest BCUT2D eigenvalue weighted by Crippen LogP contribution is 2.21. The maximum Gasteiger partial charge on any atom is 0.338 e. The molecule has 0 spiro atoms. The Kier molecular flexibility index (Phi) is 4.77. The second-order valence-electron chi connectivity index (χ2n) is 5.31. The number of aliphatic hydroxyl groups is 1. The lowest BCUT2D eigenvalue weighted by molar-refractivity contribution is 0.00690. The summed E-state index contributed by atoms with van der Waals surface area (Å²) in [7, 11) is -3.71. The SMILES string of the molecule is CC(C)(C)OC(=O)c1cc(CO)cc(OS(C)(=O)=O)c1. The Labute approximate surface area is 118 Å². The first-order valence-electron chi connectivity index (χ1n) is 5.88. The van der Waals surface area contributed by atoms with E-state index >= 15 is 0 Å². The van der Waals surface area contributed by atoms with Crippen LogP contribution in [-0.4, -0.2) is 31.4 Å². The average molecular weight is 302 g/mol. The molecular weight excluding hydrogens is 284 g/mol. The van der Waals surface area contributed by atoms with E-state index in [4.69, 9.17) is 14.0 Å². The number of aliphatic hydroxyl groups excluding tert-OH is 1. The molecule has 0 heterocycles. The van der Waals surface area contributed by atoms with E-state index in [-0.39, 0.29) is 17.9 Å². The number of carbonyl (C=O) groups excluding carboxylic acids is 1. The average Bonchev–Trinajstić information content (AvgIpc) is 2.23. The number of hydrogen-bond donors (Lipinski definition) is 1. The van der Waals surface area contributed by atoms with Crippen molar-refractivity contribution in [1.82, 2.24) is 0 Å². The van der Waals surface area contributed by atoms with Crippen LogP contribution in [0, 0.1) is 0 Å². The number of esters is 1. The fourth-order valence-corrected chi connectivity index (χ4v) is 1.88. The Morgan fingerprint density at radius 3 is 2.30 bits per heavy atom. The minimum Gasteiger partial charge on any atom is -0.456 e. The lowest BCUT2D eigenvalue weighted by Crippen LogP contribution is -2.24. The minimum absolute atomic E-state index is 0.0418. The summed E-state index contributed by atoms with van der Waals surface area (Å²) in [5, 5.41) is 9.14. The van der Waals surface area contributed by atoms with E-state index in [2.05, 4.69) is 0 Å². The van der Waals surface area contributed by atoms with Crippen LogP contribution in [0.5, 0.6) is 5.75 Å². The predicted octanol–water partition coefficient (Wildman–Crippen LogP) is 1.47. The Morgan fingerprint density at radius 1 is 1.25 bits per heavy atom. The van der Waals surface area contributed by atoms with E-state index < -0.39 is 21.7 Å². The summed E-state index contributed by atoms with van der Waals surface area (Å²) in [6, 6.07) is 4.02. The maximum atomic E-state index is 11.9. The van der Waals surface area contributed by atoms with E-state index in [9.17, 15) is 13.2 Å². The molecule has 7 heteroatoms. The van der Waals surface area contributed by atoms with Crippen molar-refractivity contribution in [2.75, 3.05) is 6.26 Å². The van der Waals surface area contributed by atoms with Gasteiger partial charge in [0.1, 0.15) is 11.4 Å². The molecule has 0 unspecified atom stereocenters. The number of carbonyl (C=O) groups is 1. The highest BCUT2D eigenvalue weighted by molar-refractivity contribution is 7.86. The molecule has 0 atom stereocenters. The van der Waals surface area contributed by atoms with Crippen molar-refractivity contribution < 1.29 is 27.2 Å². The van der Waals surface area contributed by atoms with Crippen LogP contribution >= 0.6 is 0 Å². The van der Waals surface area contributed by atoms with Crippen LogP contribution in [0.25, 0.3) is 0 Å². The van der Waals surface area contributed by atoms with Gasteiger partial charge in [-0.25, -0.2) is 4.79 Å². The summed E-state index contributed by atoms with van der Waals surface area (Å²) in [5.74, 6) is -0.661. The summed E-state index contributed by atoms with van der Waals surface area (Å²) in [6.45, 7) is 4.80. The molecule has 0 aliphatic rings. The van der Waals surface area contributed by atoms with E-state index in [1.165, 1.54) is 18.2 Å². The van der Waals surface area contributed by atoms with Crippen molar-refractivity contribution >= 4 is 16.1 Å². The molecule has 0 saturated heterocycles. The molecule has 0 radical (unpaired) electrons. The molecule has 1 aromatic carbocycles. The third-order valence-electron chi connectivity index (χ3n) is 2.03. The van der Waals surface area contributed by atoms with E-state index in [0.29, 0.717) is 5.56 Å². The summed E-state index contributed by atoms with van der Waals surface area (Å²) in [6.07, 6.45) is 0.895. The van der Waals surface area contributed by atoms with Gasteiger partial charge in [-0.15, -0.1) is 0 Å². The van der Waals surface area contributed by atoms with Crippen molar-refractivity contribution in [2.24, 2.45) is 0 Å². The highest BCUT2D eigenvalue weighted by atomic mass is 32.2. The van der Waals surface area contributed by atoms with Crippen molar-refractivity contribution in [3.63, 3.8) is 0 Å². The molecule has 0 aromatic heterocycles. The Balaban J connectivity index is 3.14. The number of ether oxygens (including phenoxy) is 1. The summed E-state index contributed by atoms with van der Waals surface area (Å²) >= 11 is 0. The van der Waals surface area contributed by atoms with Crippen LogP contribution in [0.3, 0.4) is 0 Å². The predicted molar refractivity (Wildman–Crippen MR) is 73.0 cm³/mol. The normalized spacial score (nSPS) is 12.1. The molecule has 1 rings (SSSR count). The van der Waals surface area contributed by atoms with Gasteiger partial charge in [-0.2, -0.15) is 8.42 Å². The zero-order valence-corrected chi connectivity index (χ0v) is 12.7. The lowest BCUT2D eigenvalue weighted by atomic mass is 10.1. The summed E-state index contributed by atoms with van der Waals surface area (Å²) in [4.78, 5) is 11.9. The van der Waals surface area contributed by atoms with Crippen LogP contribution in [0.15, 0.2) is 18.2 Å². The van der Waals surface area contributed by atoms with E-state index in [0.717, 1.165) is 6.26 Å². The fraction of sp³-hybridized carbons (Fsp3) is 0.462. The minimum atomic E-state index is -3.71. The van der Waals surface area contributed by atoms with Gasteiger partial charge in [0.2, 0.25) is 0 Å². The van der Waals surface area contributed by atoms with Crippen LogP contribution < -0.4 is 4.18 Å². The van der Waals surface area contributed by atoms with Crippen LogP contribution in [-0.2, 0) is 21.5 Å². The van der Waals surface area contributed by atoms with E-state index in [1.807, 2.05) is 0 Å². The molecule has 6 nitrogen and oxygen atoms in total. The van der Waals surface area contributed by atoms with Gasteiger partial charge >= 0.3 is 16.1 Å². The zero-order valence-electron chi connectivity index (χ0n) is 11.8. The fourth-order valence-electron chi connectivity index (χ4n) is 1.43. The monoisotopic (exact) mass is 302 g/mol. The molecule has 0 aliphatic heterocycles. The smallest absolute Gasteiger partial charge is 0.338 e. The molecule has 0 bridgehead atoms. The number of hydrogen-bond acceptors (Lipinski definition) is 6. The van der Waals surface area contributed by atoms with Crippen molar-refractivity contribution in [1.29, 1.82) is 0 Å². The molecule has 20 heavy (non-hydrogen) atoms. The van der Waals surface area contributed by atoms with Crippen molar-refractivity contribution in [2.45, 2.75) is 33.0 Å². The van der Waals surface area contributed by atoms with Crippen molar-refractivity contribution in [3.05, 3.63) is 29.3 Å². The first-order chi connectivity index (χ1) is 9.00.